The minimum Gasteiger partial charge on any atom is -0.494 e. The molecule has 128 valence electrons. The molecule has 2 heterocycles. The molecular weight excluding hydrogens is 302 g/mol. The van der Waals surface area contributed by atoms with Crippen LogP contribution >= 0.6 is 0 Å². The van der Waals surface area contributed by atoms with Gasteiger partial charge in [0.1, 0.15) is 5.75 Å². The first-order valence-electron chi connectivity index (χ1n) is 8.80. The van der Waals surface area contributed by atoms with Crippen molar-refractivity contribution in [2.45, 2.75) is 32.6 Å². The minimum atomic E-state index is -0.159. The average molecular weight is 327 g/mol. The Morgan fingerprint density at radius 1 is 1.21 bits per heavy atom. The van der Waals surface area contributed by atoms with Crippen LogP contribution in [0.4, 0.5) is 0 Å². The molecule has 1 aromatic heterocycles. The third kappa shape index (κ3) is 4.23. The second-order valence-electron chi connectivity index (χ2n) is 6.23. The monoisotopic (exact) mass is 327 g/mol. The summed E-state index contributed by atoms with van der Waals surface area (Å²) < 4.78 is 5.83. The molecule has 0 amide bonds. The predicted molar refractivity (Wildman–Crippen MR) is 95.5 cm³/mol. The van der Waals surface area contributed by atoms with Gasteiger partial charge in [0, 0.05) is 18.2 Å². The van der Waals surface area contributed by atoms with Crippen LogP contribution in [0.15, 0.2) is 35.1 Å². The molecule has 0 unspecified atom stereocenters. The normalized spacial score (nSPS) is 14.9. The van der Waals surface area contributed by atoms with Gasteiger partial charge in [-0.2, -0.15) is 5.10 Å². The molecule has 1 aliphatic rings. The molecule has 1 fully saturated rings. The third-order valence-corrected chi connectivity index (χ3v) is 4.48. The Morgan fingerprint density at radius 2 is 1.96 bits per heavy atom. The molecule has 2 aromatic rings. The SMILES string of the molecule is CCc1cc(=O)[nH]nc1-c1ccc(OCCCN2CCCC2)cc1. The highest BCUT2D eigenvalue weighted by molar-refractivity contribution is 5.63. The molecule has 1 saturated heterocycles. The summed E-state index contributed by atoms with van der Waals surface area (Å²) in [7, 11) is 0. The van der Waals surface area contributed by atoms with Crippen molar-refractivity contribution >= 4 is 0 Å². The summed E-state index contributed by atoms with van der Waals surface area (Å²) in [6, 6.07) is 9.55. The number of aromatic nitrogens is 2. The fourth-order valence-corrected chi connectivity index (χ4v) is 3.15. The van der Waals surface area contributed by atoms with Crippen molar-refractivity contribution < 1.29 is 4.74 Å². The zero-order chi connectivity index (χ0) is 16.8. The zero-order valence-corrected chi connectivity index (χ0v) is 14.3. The van der Waals surface area contributed by atoms with Crippen LogP contribution < -0.4 is 10.3 Å². The first kappa shape index (κ1) is 16.7. The number of H-pyrrole nitrogens is 1. The highest BCUT2D eigenvalue weighted by atomic mass is 16.5. The second-order valence-corrected chi connectivity index (χ2v) is 6.23. The molecular formula is C19H25N3O2. The molecule has 0 saturated carbocycles. The van der Waals surface area contributed by atoms with E-state index in [1.807, 2.05) is 31.2 Å². The van der Waals surface area contributed by atoms with E-state index >= 15 is 0 Å². The number of ether oxygens (including phenoxy) is 1. The summed E-state index contributed by atoms with van der Waals surface area (Å²) in [5.41, 5.74) is 2.62. The number of benzene rings is 1. The summed E-state index contributed by atoms with van der Waals surface area (Å²) in [4.78, 5) is 13.9. The maximum atomic E-state index is 11.4. The van der Waals surface area contributed by atoms with Crippen LogP contribution in [0.5, 0.6) is 5.75 Å². The van der Waals surface area contributed by atoms with Gasteiger partial charge < -0.3 is 9.64 Å². The lowest BCUT2D eigenvalue weighted by molar-refractivity contribution is 0.263. The smallest absolute Gasteiger partial charge is 0.264 e. The van der Waals surface area contributed by atoms with Gasteiger partial charge in [-0.3, -0.25) is 4.79 Å². The van der Waals surface area contributed by atoms with E-state index in [9.17, 15) is 4.79 Å². The van der Waals surface area contributed by atoms with Gasteiger partial charge in [-0.15, -0.1) is 0 Å². The standard InChI is InChI=1S/C19H25N3O2/c1-2-15-14-18(23)20-21-19(15)16-6-8-17(9-7-16)24-13-5-12-22-10-3-4-11-22/h6-9,14H,2-5,10-13H2,1H3,(H,20,23). The van der Waals surface area contributed by atoms with Gasteiger partial charge in [-0.25, -0.2) is 5.10 Å². The Kier molecular flexibility index (Phi) is 5.64. The molecule has 0 aliphatic carbocycles. The van der Waals surface area contributed by atoms with E-state index in [0.29, 0.717) is 0 Å². The van der Waals surface area contributed by atoms with Crippen LogP contribution in [0.3, 0.4) is 0 Å². The van der Waals surface area contributed by atoms with Crippen LogP contribution in [0.2, 0.25) is 0 Å². The third-order valence-electron chi connectivity index (χ3n) is 4.48. The molecule has 0 atom stereocenters. The molecule has 0 radical (unpaired) electrons. The van der Waals surface area contributed by atoms with Gasteiger partial charge >= 0.3 is 0 Å². The lowest BCUT2D eigenvalue weighted by Gasteiger charge is -2.14. The number of aryl methyl sites for hydroxylation is 1. The highest BCUT2D eigenvalue weighted by Crippen LogP contribution is 2.23. The quantitative estimate of drug-likeness (QED) is 0.795. The molecule has 1 N–H and O–H groups in total. The number of hydrogen-bond donors (Lipinski definition) is 1. The number of rotatable bonds is 7. The van der Waals surface area contributed by atoms with Crippen LogP contribution in [0.1, 0.15) is 31.7 Å². The lowest BCUT2D eigenvalue weighted by atomic mass is 10.0. The van der Waals surface area contributed by atoms with E-state index < -0.39 is 0 Å². The van der Waals surface area contributed by atoms with E-state index in [-0.39, 0.29) is 5.56 Å². The number of likely N-dealkylation sites (tertiary alicyclic amines) is 1. The van der Waals surface area contributed by atoms with Crippen molar-refractivity contribution in [3.8, 4) is 17.0 Å². The topological polar surface area (TPSA) is 58.2 Å². The average Bonchev–Trinajstić information content (AvgIpc) is 3.13. The Balaban J connectivity index is 1.56. The fourth-order valence-electron chi connectivity index (χ4n) is 3.15. The van der Waals surface area contributed by atoms with Crippen LogP contribution in [0.25, 0.3) is 11.3 Å². The second kappa shape index (κ2) is 8.11. The summed E-state index contributed by atoms with van der Waals surface area (Å²) in [6.07, 6.45) is 4.51. The van der Waals surface area contributed by atoms with Gasteiger partial charge in [0.05, 0.1) is 12.3 Å². The van der Waals surface area contributed by atoms with Crippen LogP contribution in [-0.2, 0) is 6.42 Å². The zero-order valence-electron chi connectivity index (χ0n) is 14.3. The van der Waals surface area contributed by atoms with Crippen LogP contribution in [0, 0.1) is 0 Å². The van der Waals surface area contributed by atoms with E-state index in [2.05, 4.69) is 15.1 Å². The van der Waals surface area contributed by atoms with Crippen molar-refractivity contribution in [2.24, 2.45) is 0 Å². The van der Waals surface area contributed by atoms with E-state index in [4.69, 9.17) is 4.74 Å². The number of aromatic amines is 1. The van der Waals surface area contributed by atoms with Gasteiger partial charge in [0.2, 0.25) is 0 Å². The molecule has 5 heteroatoms. The Morgan fingerprint density at radius 3 is 2.67 bits per heavy atom. The van der Waals surface area contributed by atoms with Crippen molar-refractivity contribution in [3.05, 3.63) is 46.2 Å². The maximum absolute atomic E-state index is 11.4. The largest absolute Gasteiger partial charge is 0.494 e. The van der Waals surface area contributed by atoms with Crippen molar-refractivity contribution in [1.82, 2.24) is 15.1 Å². The fraction of sp³-hybridized carbons (Fsp3) is 0.474. The van der Waals surface area contributed by atoms with E-state index in [0.717, 1.165) is 48.6 Å². The van der Waals surface area contributed by atoms with Crippen molar-refractivity contribution in [2.75, 3.05) is 26.2 Å². The van der Waals surface area contributed by atoms with Gasteiger partial charge in [-0.05, 0) is 68.6 Å². The Labute approximate surface area is 142 Å². The van der Waals surface area contributed by atoms with Gasteiger partial charge in [-0.1, -0.05) is 6.92 Å². The van der Waals surface area contributed by atoms with E-state index in [1.54, 1.807) is 6.07 Å². The predicted octanol–water partition coefficient (Wildman–Crippen LogP) is 2.86. The Hall–Kier alpha value is -2.14. The molecule has 1 aromatic carbocycles. The Bertz CT molecular complexity index is 703. The number of nitrogens with zero attached hydrogens (tertiary/aromatic N) is 2. The lowest BCUT2D eigenvalue weighted by Crippen LogP contribution is -2.21. The number of hydrogen-bond acceptors (Lipinski definition) is 4. The van der Waals surface area contributed by atoms with Crippen LogP contribution in [-0.4, -0.2) is 41.3 Å². The first-order valence-corrected chi connectivity index (χ1v) is 8.80. The molecule has 1 aliphatic heterocycles. The maximum Gasteiger partial charge on any atom is 0.264 e. The van der Waals surface area contributed by atoms with Gasteiger partial charge in [0.15, 0.2) is 0 Å². The summed E-state index contributed by atoms with van der Waals surface area (Å²) in [5, 5.41) is 6.70. The molecule has 0 spiro atoms. The highest BCUT2D eigenvalue weighted by Gasteiger charge is 2.10. The van der Waals surface area contributed by atoms with Crippen molar-refractivity contribution in [1.29, 1.82) is 0 Å². The van der Waals surface area contributed by atoms with Gasteiger partial charge in [0.25, 0.3) is 5.56 Å². The summed E-state index contributed by atoms with van der Waals surface area (Å²) in [6.45, 7) is 6.37. The molecule has 3 rings (SSSR count). The van der Waals surface area contributed by atoms with E-state index in [1.165, 1.54) is 25.9 Å². The molecule has 0 bridgehead atoms. The number of nitrogens with one attached hydrogen (secondary N) is 1. The summed E-state index contributed by atoms with van der Waals surface area (Å²) in [5.74, 6) is 0.877. The molecule has 5 nitrogen and oxygen atoms in total. The summed E-state index contributed by atoms with van der Waals surface area (Å²) >= 11 is 0. The first-order chi connectivity index (χ1) is 11.8. The molecule has 24 heavy (non-hydrogen) atoms. The minimum absolute atomic E-state index is 0.159. The van der Waals surface area contributed by atoms with Crippen molar-refractivity contribution in [3.63, 3.8) is 0 Å².